The van der Waals surface area contributed by atoms with Crippen molar-refractivity contribution in [2.75, 3.05) is 14.2 Å². The first kappa shape index (κ1) is 13.1. The minimum atomic E-state index is -0.609. The van der Waals surface area contributed by atoms with Crippen LogP contribution in [0.5, 0.6) is 0 Å². The lowest BCUT2D eigenvalue weighted by atomic mass is 9.97. The second-order valence-electron chi connectivity index (χ2n) is 3.80. The summed E-state index contributed by atoms with van der Waals surface area (Å²) in [6.45, 7) is 5.52. The Morgan fingerprint density at radius 3 is 2.14 bits per heavy atom. The van der Waals surface area contributed by atoms with Crippen LogP contribution in [0.15, 0.2) is 0 Å². The standard InChI is InChI=1S/C10H19NO3/c1-7(2)6-9(12)8(3)10(13)11(4)14-5/h7-8H,6H2,1-5H3/t8-/m0/s1. The van der Waals surface area contributed by atoms with Gasteiger partial charge in [-0.05, 0) is 12.8 Å². The predicted molar refractivity (Wildman–Crippen MR) is 53.4 cm³/mol. The van der Waals surface area contributed by atoms with Gasteiger partial charge in [0.15, 0.2) is 0 Å². The van der Waals surface area contributed by atoms with E-state index in [1.54, 1.807) is 6.92 Å². The molecular formula is C10H19NO3. The van der Waals surface area contributed by atoms with Crippen molar-refractivity contribution in [3.05, 3.63) is 0 Å². The molecule has 0 aromatic carbocycles. The zero-order chi connectivity index (χ0) is 11.3. The van der Waals surface area contributed by atoms with Crippen LogP contribution in [-0.4, -0.2) is 30.9 Å². The van der Waals surface area contributed by atoms with Gasteiger partial charge in [0.05, 0.1) is 13.0 Å². The van der Waals surface area contributed by atoms with Crippen molar-refractivity contribution in [2.45, 2.75) is 27.2 Å². The summed E-state index contributed by atoms with van der Waals surface area (Å²) in [5.74, 6) is -0.653. The van der Waals surface area contributed by atoms with Crippen molar-refractivity contribution < 1.29 is 14.4 Å². The van der Waals surface area contributed by atoms with Crippen LogP contribution in [0.25, 0.3) is 0 Å². The maximum Gasteiger partial charge on any atom is 0.256 e. The summed E-state index contributed by atoms with van der Waals surface area (Å²) in [4.78, 5) is 27.7. The lowest BCUT2D eigenvalue weighted by molar-refractivity contribution is -0.174. The fourth-order valence-corrected chi connectivity index (χ4v) is 1.08. The number of amides is 1. The SMILES string of the molecule is CON(C)C(=O)[C@@H](C)C(=O)CC(C)C. The summed E-state index contributed by atoms with van der Waals surface area (Å²) in [5, 5.41) is 1.09. The van der Waals surface area contributed by atoms with E-state index in [4.69, 9.17) is 4.84 Å². The maximum atomic E-state index is 11.5. The molecule has 82 valence electrons. The topological polar surface area (TPSA) is 46.6 Å². The van der Waals surface area contributed by atoms with Crippen molar-refractivity contribution >= 4 is 11.7 Å². The van der Waals surface area contributed by atoms with Crippen LogP contribution in [0.4, 0.5) is 0 Å². The van der Waals surface area contributed by atoms with Gasteiger partial charge in [0.25, 0.3) is 5.91 Å². The van der Waals surface area contributed by atoms with Crippen LogP contribution in [0.1, 0.15) is 27.2 Å². The average Bonchev–Trinajstić information content (AvgIpc) is 2.13. The van der Waals surface area contributed by atoms with Gasteiger partial charge in [-0.3, -0.25) is 14.4 Å². The molecular weight excluding hydrogens is 182 g/mol. The van der Waals surface area contributed by atoms with E-state index in [2.05, 4.69) is 0 Å². The number of hydrogen-bond acceptors (Lipinski definition) is 3. The predicted octanol–water partition coefficient (Wildman–Crippen LogP) is 1.26. The van der Waals surface area contributed by atoms with E-state index in [0.717, 1.165) is 5.06 Å². The van der Waals surface area contributed by atoms with E-state index in [-0.39, 0.29) is 17.6 Å². The summed E-state index contributed by atoms with van der Waals surface area (Å²) in [6.07, 6.45) is 0.435. The lowest BCUT2D eigenvalue weighted by Gasteiger charge is -2.18. The minimum absolute atomic E-state index is 0.0334. The summed E-state index contributed by atoms with van der Waals surface area (Å²) >= 11 is 0. The molecule has 0 saturated carbocycles. The molecule has 0 bridgehead atoms. The van der Waals surface area contributed by atoms with Gasteiger partial charge in [-0.15, -0.1) is 0 Å². The summed E-state index contributed by atoms with van der Waals surface area (Å²) in [5.41, 5.74) is 0. The second kappa shape index (κ2) is 5.75. The van der Waals surface area contributed by atoms with E-state index >= 15 is 0 Å². The molecule has 0 fully saturated rings. The second-order valence-corrected chi connectivity index (χ2v) is 3.80. The largest absolute Gasteiger partial charge is 0.299 e. The van der Waals surface area contributed by atoms with Crippen LogP contribution in [0, 0.1) is 11.8 Å². The Balaban J connectivity index is 4.24. The molecule has 0 saturated heterocycles. The van der Waals surface area contributed by atoms with Crippen molar-refractivity contribution in [2.24, 2.45) is 11.8 Å². The molecule has 0 aromatic rings. The average molecular weight is 201 g/mol. The number of hydroxylamine groups is 2. The van der Waals surface area contributed by atoms with Crippen LogP contribution < -0.4 is 0 Å². The number of rotatable bonds is 5. The van der Waals surface area contributed by atoms with Gasteiger partial charge in [0.1, 0.15) is 5.78 Å². The highest BCUT2D eigenvalue weighted by atomic mass is 16.7. The van der Waals surface area contributed by atoms with Crippen molar-refractivity contribution in [3.63, 3.8) is 0 Å². The Kier molecular flexibility index (Phi) is 5.38. The minimum Gasteiger partial charge on any atom is -0.299 e. The molecule has 0 aliphatic carbocycles. The van der Waals surface area contributed by atoms with Gasteiger partial charge in [0.2, 0.25) is 0 Å². The van der Waals surface area contributed by atoms with Gasteiger partial charge in [-0.1, -0.05) is 13.8 Å². The third-order valence-corrected chi connectivity index (χ3v) is 2.05. The molecule has 0 aliphatic rings. The number of carbonyl (C=O) groups is 2. The molecule has 0 spiro atoms. The smallest absolute Gasteiger partial charge is 0.256 e. The van der Waals surface area contributed by atoms with E-state index in [1.807, 2.05) is 13.8 Å². The number of ketones is 1. The highest BCUT2D eigenvalue weighted by molar-refractivity contribution is 6.00. The molecule has 0 aromatic heterocycles. The Labute approximate surface area is 85.2 Å². The third kappa shape index (κ3) is 3.87. The molecule has 0 radical (unpaired) electrons. The molecule has 0 heterocycles. The Bertz CT molecular complexity index is 213. The lowest BCUT2D eigenvalue weighted by Crippen LogP contribution is -2.35. The Morgan fingerprint density at radius 2 is 1.79 bits per heavy atom. The van der Waals surface area contributed by atoms with Gasteiger partial charge in [0, 0.05) is 13.5 Å². The molecule has 4 nitrogen and oxygen atoms in total. The van der Waals surface area contributed by atoms with E-state index < -0.39 is 5.92 Å². The first-order valence-corrected chi connectivity index (χ1v) is 4.74. The molecule has 0 unspecified atom stereocenters. The Morgan fingerprint density at radius 1 is 1.29 bits per heavy atom. The van der Waals surface area contributed by atoms with Crippen molar-refractivity contribution in [3.8, 4) is 0 Å². The zero-order valence-corrected chi connectivity index (χ0v) is 9.53. The highest BCUT2D eigenvalue weighted by Gasteiger charge is 2.24. The van der Waals surface area contributed by atoms with Crippen LogP contribution in [0.2, 0.25) is 0 Å². The monoisotopic (exact) mass is 201 g/mol. The quantitative estimate of drug-likeness (QED) is 0.497. The van der Waals surface area contributed by atoms with Crippen LogP contribution in [-0.2, 0) is 14.4 Å². The first-order chi connectivity index (χ1) is 6.40. The van der Waals surface area contributed by atoms with Crippen LogP contribution >= 0.6 is 0 Å². The fourth-order valence-electron chi connectivity index (χ4n) is 1.08. The van der Waals surface area contributed by atoms with Gasteiger partial charge >= 0.3 is 0 Å². The number of Topliss-reactive ketones (excluding diaryl/α,β-unsaturated/α-hetero) is 1. The molecule has 0 N–H and O–H groups in total. The number of nitrogens with zero attached hydrogens (tertiary/aromatic N) is 1. The zero-order valence-electron chi connectivity index (χ0n) is 9.53. The van der Waals surface area contributed by atoms with Gasteiger partial charge in [-0.25, -0.2) is 5.06 Å². The first-order valence-electron chi connectivity index (χ1n) is 4.74. The van der Waals surface area contributed by atoms with E-state index in [0.29, 0.717) is 6.42 Å². The molecule has 0 rings (SSSR count). The fraction of sp³-hybridized carbons (Fsp3) is 0.800. The van der Waals surface area contributed by atoms with E-state index in [9.17, 15) is 9.59 Å². The molecule has 0 aliphatic heterocycles. The third-order valence-electron chi connectivity index (χ3n) is 2.05. The van der Waals surface area contributed by atoms with E-state index in [1.165, 1.54) is 14.2 Å². The molecule has 1 amide bonds. The highest BCUT2D eigenvalue weighted by Crippen LogP contribution is 2.10. The number of carbonyl (C=O) groups excluding carboxylic acids is 2. The summed E-state index contributed by atoms with van der Waals surface area (Å²) in [7, 11) is 2.90. The summed E-state index contributed by atoms with van der Waals surface area (Å²) < 4.78 is 0. The van der Waals surface area contributed by atoms with Crippen molar-refractivity contribution in [1.82, 2.24) is 5.06 Å². The normalized spacial score (nSPS) is 12.7. The molecule has 4 heteroatoms. The summed E-state index contributed by atoms with van der Waals surface area (Å²) in [6, 6.07) is 0. The molecule has 14 heavy (non-hydrogen) atoms. The van der Waals surface area contributed by atoms with Crippen molar-refractivity contribution in [1.29, 1.82) is 0 Å². The number of hydrogen-bond donors (Lipinski definition) is 0. The Hall–Kier alpha value is -0.900. The van der Waals surface area contributed by atoms with Crippen LogP contribution in [0.3, 0.4) is 0 Å². The van der Waals surface area contributed by atoms with Gasteiger partial charge < -0.3 is 0 Å². The maximum absolute atomic E-state index is 11.5. The van der Waals surface area contributed by atoms with Gasteiger partial charge in [-0.2, -0.15) is 0 Å². The molecule has 1 atom stereocenters.